The minimum absolute atomic E-state index is 0.00628. The van der Waals surface area contributed by atoms with E-state index in [1.54, 1.807) is 33.9 Å². The van der Waals surface area contributed by atoms with Gasteiger partial charge in [-0.2, -0.15) is 0 Å². The van der Waals surface area contributed by atoms with Crippen molar-refractivity contribution in [3.8, 4) is 34.4 Å². The minimum Gasteiger partial charge on any atom is -0.497 e. The van der Waals surface area contributed by atoms with Crippen LogP contribution in [-0.2, 0) is 29.1 Å². The van der Waals surface area contributed by atoms with Gasteiger partial charge in [-0.15, -0.1) is 0 Å². The highest BCUT2D eigenvalue weighted by Gasteiger charge is 2.62. The average Bonchev–Trinajstić information content (AvgIpc) is 4.16. The van der Waals surface area contributed by atoms with Crippen molar-refractivity contribution in [1.82, 2.24) is 25.2 Å². The van der Waals surface area contributed by atoms with Crippen LogP contribution in [0.1, 0.15) is 79.6 Å². The number of sulfonamides is 1. The molecule has 2 saturated carbocycles. The van der Waals surface area contributed by atoms with Gasteiger partial charge in [0.15, 0.2) is 11.5 Å². The monoisotopic (exact) mass is 887 g/mol. The normalized spacial score (nSPS) is 28.0. The van der Waals surface area contributed by atoms with Gasteiger partial charge in [-0.05, 0) is 119 Å². The third-order valence-electron chi connectivity index (χ3n) is 12.4. The summed E-state index contributed by atoms with van der Waals surface area (Å²) in [7, 11) is -2.36. The van der Waals surface area contributed by atoms with Crippen LogP contribution in [0.3, 0.4) is 0 Å². The van der Waals surface area contributed by atoms with Crippen molar-refractivity contribution in [2.24, 2.45) is 17.8 Å². The number of carbonyl (C=O) groups excluding carboxylic acids is 4. The molecule has 63 heavy (non-hydrogen) atoms. The van der Waals surface area contributed by atoms with Gasteiger partial charge in [-0.3, -0.25) is 19.1 Å². The Morgan fingerprint density at radius 1 is 0.984 bits per heavy atom. The number of fused-ring (bicyclic) bond motifs is 4. The van der Waals surface area contributed by atoms with Gasteiger partial charge < -0.3 is 39.2 Å². The maximum absolute atomic E-state index is 15.0. The molecule has 0 bridgehead atoms. The summed E-state index contributed by atoms with van der Waals surface area (Å²) in [6, 6.07) is 10.7. The summed E-state index contributed by atoms with van der Waals surface area (Å²) in [6.45, 7) is 9.96. The number of hydrogen-bond donors (Lipinski definition) is 3. The molecule has 0 unspecified atom stereocenters. The molecule has 8 rings (SSSR count). The Hall–Kier alpha value is -5.58. The number of pyridine rings is 1. The number of benzene rings is 2. The lowest BCUT2D eigenvalue weighted by Crippen LogP contribution is -2.59. The Labute approximate surface area is 367 Å². The van der Waals surface area contributed by atoms with Crippen LogP contribution < -0.4 is 34.3 Å². The predicted octanol–water partition coefficient (Wildman–Crippen LogP) is 5.42. The first-order valence-corrected chi connectivity index (χ1v) is 23.4. The predicted molar refractivity (Wildman–Crippen MR) is 233 cm³/mol. The van der Waals surface area contributed by atoms with Crippen molar-refractivity contribution in [1.29, 1.82) is 0 Å². The zero-order valence-corrected chi connectivity index (χ0v) is 37.4. The highest BCUT2D eigenvalue weighted by Crippen LogP contribution is 2.46. The average molecular weight is 888 g/mol. The SMILES string of the molecule is COc1ccc2c(O[C@@H]3C[C@H]4C(=O)N[C@]5(C(=O)NS(=O)(=O)C6CC6)C[C@H]5/C=C\CC[C@H](C)C[C@@H](C)[C@H](NC(=O)OC(C)(C)C)C(=O)N4C3)nc(-c3ccc4c(c3)OCCO4)cc2c1. The molecule has 1 saturated heterocycles. The number of aromatic nitrogens is 1. The zero-order valence-electron chi connectivity index (χ0n) is 36.6. The van der Waals surface area contributed by atoms with E-state index in [0.29, 0.717) is 67.2 Å². The lowest BCUT2D eigenvalue weighted by molar-refractivity contribution is -0.142. The molecule has 16 nitrogen and oxygen atoms in total. The lowest BCUT2D eigenvalue weighted by Gasteiger charge is -2.33. The quantitative estimate of drug-likeness (QED) is 0.243. The molecule has 4 heterocycles. The minimum atomic E-state index is -3.94. The Kier molecular flexibility index (Phi) is 12.0. The summed E-state index contributed by atoms with van der Waals surface area (Å²) >= 11 is 0. The number of nitrogens with zero attached hydrogens (tertiary/aromatic N) is 2. The van der Waals surface area contributed by atoms with Crippen molar-refractivity contribution < 1.29 is 51.3 Å². The fourth-order valence-corrected chi connectivity index (χ4v) is 10.2. The van der Waals surface area contributed by atoms with Gasteiger partial charge >= 0.3 is 6.09 Å². The number of nitrogens with one attached hydrogen (secondary N) is 3. The number of hydrogen-bond acceptors (Lipinski definition) is 12. The van der Waals surface area contributed by atoms with Crippen LogP contribution in [-0.4, -0.2) is 104 Å². The zero-order chi connectivity index (χ0) is 44.8. The van der Waals surface area contributed by atoms with Gasteiger partial charge in [-0.1, -0.05) is 26.0 Å². The molecular weight excluding hydrogens is 831 g/mol. The Balaban J connectivity index is 1.16. The topological polar surface area (TPSA) is 201 Å². The number of amides is 4. The summed E-state index contributed by atoms with van der Waals surface area (Å²) in [5.41, 5.74) is -1.09. The molecule has 2 aromatic carbocycles. The molecule has 5 aliphatic rings. The second-order valence-electron chi connectivity index (χ2n) is 18.6. The molecule has 17 heteroatoms. The Morgan fingerprint density at radius 3 is 2.48 bits per heavy atom. The molecule has 3 aliphatic heterocycles. The van der Waals surface area contributed by atoms with Gasteiger partial charge in [0.2, 0.25) is 27.7 Å². The molecule has 338 valence electrons. The fraction of sp³-hybridized carbons (Fsp3) is 0.543. The Bertz CT molecular complexity index is 2430. The lowest BCUT2D eigenvalue weighted by atomic mass is 9.88. The van der Waals surface area contributed by atoms with Gasteiger partial charge in [0, 0.05) is 23.3 Å². The van der Waals surface area contributed by atoms with E-state index in [1.165, 1.54) is 4.90 Å². The summed E-state index contributed by atoms with van der Waals surface area (Å²) in [5, 5.41) is 6.52. The fourth-order valence-electron chi connectivity index (χ4n) is 8.86. The third kappa shape index (κ3) is 9.67. The first-order chi connectivity index (χ1) is 29.9. The molecule has 3 aromatic rings. The number of alkyl carbamates (subject to hydrolysis) is 1. The summed E-state index contributed by atoms with van der Waals surface area (Å²) in [4.78, 5) is 63.5. The molecule has 3 N–H and O–H groups in total. The van der Waals surface area contributed by atoms with Crippen molar-refractivity contribution >= 4 is 44.6 Å². The number of rotatable bonds is 8. The standard InChI is InChI=1S/C46H57N5O11S/c1-26-9-7-8-10-30-24-46(30,43(54)50-63(56,57)33-13-14-33)49-40(52)36-23-32(25-51(36)42(53)39(27(2)19-26)48-44(55)62-45(3,4)5)61-41-34-15-12-31(58-6)20-29(34)21-35(47-41)28-11-16-37-38(22-28)60-18-17-59-37/h8,10-12,15-16,20-22,26-27,30,32-33,36,39H,7,9,13-14,17-19,23-25H2,1-6H3,(H,48,55)(H,49,52)(H,50,54)/b10-8-/t26-,27+,30+,32+,36-,39-,46+/m0/s1. The summed E-state index contributed by atoms with van der Waals surface area (Å²) < 4.78 is 57.8. The number of allylic oxidation sites excluding steroid dienone is 1. The summed E-state index contributed by atoms with van der Waals surface area (Å²) in [6.07, 6.45) is 5.35. The third-order valence-corrected chi connectivity index (χ3v) is 14.2. The Morgan fingerprint density at radius 2 is 1.75 bits per heavy atom. The number of methoxy groups -OCH3 is 1. The molecular formula is C46H57N5O11S. The van der Waals surface area contributed by atoms with Gasteiger partial charge in [0.1, 0.15) is 48.3 Å². The first kappa shape index (κ1) is 44.0. The van der Waals surface area contributed by atoms with Crippen LogP contribution in [0.25, 0.3) is 22.0 Å². The van der Waals surface area contributed by atoms with Gasteiger partial charge in [0.05, 0.1) is 24.6 Å². The molecule has 7 atom stereocenters. The van der Waals surface area contributed by atoms with E-state index in [4.69, 9.17) is 28.7 Å². The largest absolute Gasteiger partial charge is 0.497 e. The first-order valence-electron chi connectivity index (χ1n) is 21.8. The highest BCUT2D eigenvalue weighted by molar-refractivity contribution is 7.91. The molecule has 0 radical (unpaired) electrons. The second kappa shape index (κ2) is 17.2. The van der Waals surface area contributed by atoms with Crippen molar-refractivity contribution in [3.05, 3.63) is 54.6 Å². The van der Waals surface area contributed by atoms with Crippen LogP contribution >= 0.6 is 0 Å². The highest BCUT2D eigenvalue weighted by atomic mass is 32.2. The van der Waals surface area contributed by atoms with Crippen LogP contribution in [0, 0.1) is 17.8 Å². The van der Waals surface area contributed by atoms with E-state index in [0.717, 1.165) is 17.4 Å². The smallest absolute Gasteiger partial charge is 0.408 e. The maximum Gasteiger partial charge on any atom is 0.408 e. The van der Waals surface area contributed by atoms with E-state index in [9.17, 15) is 22.8 Å². The van der Waals surface area contributed by atoms with Crippen molar-refractivity contribution in [2.45, 2.75) is 114 Å². The molecule has 3 fully saturated rings. The van der Waals surface area contributed by atoms with Gasteiger partial charge in [-0.25, -0.2) is 18.2 Å². The van der Waals surface area contributed by atoms with Gasteiger partial charge in [0.25, 0.3) is 5.91 Å². The second-order valence-corrected chi connectivity index (χ2v) is 20.6. The van der Waals surface area contributed by atoms with Crippen LogP contribution in [0.4, 0.5) is 4.79 Å². The van der Waals surface area contributed by atoms with E-state index < -0.39 is 74.3 Å². The van der Waals surface area contributed by atoms with Crippen molar-refractivity contribution in [3.63, 3.8) is 0 Å². The van der Waals surface area contributed by atoms with E-state index in [-0.39, 0.29) is 37.1 Å². The van der Waals surface area contributed by atoms with E-state index in [2.05, 4.69) is 22.3 Å². The molecule has 1 aromatic heterocycles. The van der Waals surface area contributed by atoms with E-state index >= 15 is 4.79 Å². The van der Waals surface area contributed by atoms with E-state index in [1.807, 2.05) is 55.5 Å². The van der Waals surface area contributed by atoms with Crippen LogP contribution in [0.5, 0.6) is 23.1 Å². The number of ether oxygens (including phenoxy) is 5. The molecule has 0 spiro atoms. The summed E-state index contributed by atoms with van der Waals surface area (Å²) in [5.74, 6) is -0.610. The van der Waals surface area contributed by atoms with Crippen molar-refractivity contribution in [2.75, 3.05) is 26.9 Å². The van der Waals surface area contributed by atoms with Crippen LogP contribution in [0.15, 0.2) is 54.6 Å². The molecule has 2 aliphatic carbocycles. The number of carbonyl (C=O) groups is 4. The maximum atomic E-state index is 15.0. The molecule has 4 amide bonds. The van der Waals surface area contributed by atoms with Crippen LogP contribution in [0.2, 0.25) is 0 Å².